The maximum atomic E-state index is 5.44. The molecule has 1 rings (SSSR count). The first-order chi connectivity index (χ1) is 4.74. The second kappa shape index (κ2) is 2.98. The summed E-state index contributed by atoms with van der Waals surface area (Å²) < 4.78 is 5.44. The van der Waals surface area contributed by atoms with Crippen LogP contribution in [0.25, 0.3) is 9.95 Å². The van der Waals surface area contributed by atoms with Crippen molar-refractivity contribution >= 4 is 0 Å². The number of hydrogen-bond acceptors (Lipinski definition) is 1. The molecule has 1 aliphatic heterocycles. The van der Waals surface area contributed by atoms with Crippen molar-refractivity contribution in [3.8, 4) is 0 Å². The molecule has 56 valence electrons. The van der Waals surface area contributed by atoms with Gasteiger partial charge in [0.25, 0.3) is 0 Å². The molecule has 0 aromatic carbocycles. The van der Waals surface area contributed by atoms with Crippen molar-refractivity contribution in [1.29, 1.82) is 0 Å². The molecule has 0 aliphatic carbocycles. The number of nitrogens with zero attached hydrogens (tertiary/aromatic N) is 2. The fraction of sp³-hybridized carbons (Fsp3) is 1.00. The van der Waals surface area contributed by atoms with Crippen molar-refractivity contribution in [2.45, 2.75) is 39.6 Å². The first kappa shape index (κ1) is 7.49. The van der Waals surface area contributed by atoms with Crippen LogP contribution in [0.2, 0.25) is 0 Å². The molecule has 0 amide bonds. The fourth-order valence-electron chi connectivity index (χ4n) is 0.824. The summed E-state index contributed by atoms with van der Waals surface area (Å²) in [5.41, 5.74) is 0. The summed E-state index contributed by atoms with van der Waals surface area (Å²) in [6.45, 7) is 6.22. The van der Waals surface area contributed by atoms with E-state index in [1.165, 1.54) is 0 Å². The summed E-state index contributed by atoms with van der Waals surface area (Å²) in [6, 6.07) is 0. The van der Waals surface area contributed by atoms with E-state index in [0.29, 0.717) is 5.92 Å². The van der Waals surface area contributed by atoms with Crippen LogP contribution in [-0.4, -0.2) is 12.5 Å². The van der Waals surface area contributed by atoms with E-state index in [1.807, 2.05) is 6.92 Å². The first-order valence-corrected chi connectivity index (χ1v) is 3.79. The van der Waals surface area contributed by atoms with E-state index >= 15 is 0 Å². The lowest BCUT2D eigenvalue weighted by Gasteiger charge is -1.94. The van der Waals surface area contributed by atoms with Crippen LogP contribution in [0, 0.1) is 5.92 Å². The third-order valence-corrected chi connectivity index (χ3v) is 1.53. The SMILES string of the molecule is CCC1[N+]#[N+]C(C(C)C)O1. The highest BCUT2D eigenvalue weighted by molar-refractivity contribution is 4.89. The zero-order valence-electron chi connectivity index (χ0n) is 6.74. The highest BCUT2D eigenvalue weighted by atomic mass is 16.5. The molecule has 0 radical (unpaired) electrons. The third kappa shape index (κ3) is 1.45. The van der Waals surface area contributed by atoms with Gasteiger partial charge in [0.05, 0.1) is 12.3 Å². The van der Waals surface area contributed by atoms with Gasteiger partial charge in [-0.15, -0.1) is 0 Å². The molecule has 10 heavy (non-hydrogen) atoms. The molecule has 0 spiro atoms. The molecule has 0 saturated heterocycles. The van der Waals surface area contributed by atoms with Gasteiger partial charge in [0.1, 0.15) is 0 Å². The van der Waals surface area contributed by atoms with Crippen LogP contribution < -0.4 is 0 Å². The molecule has 3 nitrogen and oxygen atoms in total. The molecule has 0 fully saturated rings. The molecule has 0 bridgehead atoms. The lowest BCUT2D eigenvalue weighted by molar-refractivity contribution is 0.0281. The highest BCUT2D eigenvalue weighted by Gasteiger charge is 2.45. The van der Waals surface area contributed by atoms with Gasteiger partial charge < -0.3 is 0 Å². The summed E-state index contributed by atoms with van der Waals surface area (Å²) in [7, 11) is 0. The lowest BCUT2D eigenvalue weighted by Crippen LogP contribution is -2.16. The molecule has 0 N–H and O–H groups in total. The Morgan fingerprint density at radius 2 is 2.10 bits per heavy atom. The van der Waals surface area contributed by atoms with Crippen LogP contribution >= 0.6 is 0 Å². The van der Waals surface area contributed by atoms with Crippen LogP contribution in [0.5, 0.6) is 0 Å². The van der Waals surface area contributed by atoms with Gasteiger partial charge in [0.15, 0.2) is 0 Å². The number of ether oxygens (including phenoxy) is 1. The minimum absolute atomic E-state index is 0.00458. The van der Waals surface area contributed by atoms with Crippen molar-refractivity contribution in [2.24, 2.45) is 5.92 Å². The van der Waals surface area contributed by atoms with Crippen molar-refractivity contribution in [2.75, 3.05) is 0 Å². The normalized spacial score (nSPS) is 30.4. The summed E-state index contributed by atoms with van der Waals surface area (Å²) >= 11 is 0. The summed E-state index contributed by atoms with van der Waals surface area (Å²) in [6.07, 6.45) is 0.949. The zero-order valence-corrected chi connectivity index (χ0v) is 6.74. The second-order valence-corrected chi connectivity index (χ2v) is 2.86. The van der Waals surface area contributed by atoms with Gasteiger partial charge in [-0.1, -0.05) is 20.8 Å². The maximum absolute atomic E-state index is 5.44. The number of rotatable bonds is 2. The Hall–Kier alpha value is -0.620. The van der Waals surface area contributed by atoms with Crippen LogP contribution in [-0.2, 0) is 4.74 Å². The highest BCUT2D eigenvalue weighted by Crippen LogP contribution is 2.19. The molecule has 2 atom stereocenters. The molecular weight excluding hydrogens is 128 g/mol. The average Bonchev–Trinajstić information content (AvgIpc) is 2.34. The molecular formula is C7H14N2O+2. The van der Waals surface area contributed by atoms with E-state index in [4.69, 9.17) is 4.74 Å². The molecule has 0 saturated carbocycles. The molecule has 1 aliphatic rings. The van der Waals surface area contributed by atoms with Crippen molar-refractivity contribution in [3.05, 3.63) is 9.95 Å². The largest absolute Gasteiger partial charge is 0.468 e. The van der Waals surface area contributed by atoms with E-state index in [1.54, 1.807) is 0 Å². The van der Waals surface area contributed by atoms with E-state index < -0.39 is 0 Å². The summed E-state index contributed by atoms with van der Waals surface area (Å²) in [5.74, 6) is 0.445. The van der Waals surface area contributed by atoms with Gasteiger partial charge >= 0.3 is 22.4 Å². The topological polar surface area (TPSA) is 18.0 Å². The molecule has 3 heteroatoms. The fourth-order valence-corrected chi connectivity index (χ4v) is 0.824. The smallest absolute Gasteiger partial charge is 0.215 e. The van der Waals surface area contributed by atoms with Gasteiger partial charge in [-0.05, 0) is 0 Å². The van der Waals surface area contributed by atoms with Crippen molar-refractivity contribution in [3.63, 3.8) is 0 Å². The van der Waals surface area contributed by atoms with Crippen LogP contribution in [0.1, 0.15) is 27.2 Å². The Kier molecular flexibility index (Phi) is 2.23. The maximum Gasteiger partial charge on any atom is 0.468 e. The van der Waals surface area contributed by atoms with Gasteiger partial charge in [-0.3, -0.25) is 0 Å². The van der Waals surface area contributed by atoms with Gasteiger partial charge in [-0.25, -0.2) is 4.74 Å². The Labute approximate surface area is 61.2 Å². The van der Waals surface area contributed by atoms with Crippen molar-refractivity contribution in [1.82, 2.24) is 0 Å². The monoisotopic (exact) mass is 142 g/mol. The van der Waals surface area contributed by atoms with Gasteiger partial charge in [0, 0.05) is 0 Å². The van der Waals surface area contributed by atoms with Crippen LogP contribution in [0.3, 0.4) is 0 Å². The standard InChI is InChI=1S/C7H14N2O/c1-4-6-8-9-7(10-6)5(2)3/h5-7H,4H2,1-3H3/q+2. The first-order valence-electron chi connectivity index (χ1n) is 3.79. The molecule has 0 aromatic heterocycles. The molecule has 0 aromatic rings. The van der Waals surface area contributed by atoms with Crippen molar-refractivity contribution < 1.29 is 4.74 Å². The molecule has 1 heterocycles. The predicted molar refractivity (Wildman–Crippen MR) is 40.5 cm³/mol. The van der Waals surface area contributed by atoms with Crippen LogP contribution in [0.15, 0.2) is 0 Å². The predicted octanol–water partition coefficient (Wildman–Crippen LogP) is 2.40. The average molecular weight is 142 g/mol. The zero-order chi connectivity index (χ0) is 7.56. The quantitative estimate of drug-likeness (QED) is 0.541. The van der Waals surface area contributed by atoms with Gasteiger partial charge in [-0.2, -0.15) is 0 Å². The minimum atomic E-state index is 0.00458. The Balaban J connectivity index is 2.41. The van der Waals surface area contributed by atoms with E-state index in [9.17, 15) is 0 Å². The third-order valence-electron chi connectivity index (χ3n) is 1.53. The lowest BCUT2D eigenvalue weighted by atomic mass is 10.2. The van der Waals surface area contributed by atoms with Crippen LogP contribution in [0.4, 0.5) is 0 Å². The number of hydrogen-bond donors (Lipinski definition) is 0. The van der Waals surface area contributed by atoms with E-state index in [0.717, 1.165) is 6.42 Å². The van der Waals surface area contributed by atoms with Gasteiger partial charge in [0.2, 0.25) is 0 Å². The van der Waals surface area contributed by atoms with E-state index in [-0.39, 0.29) is 12.5 Å². The van der Waals surface area contributed by atoms with E-state index in [2.05, 4.69) is 23.8 Å². The minimum Gasteiger partial charge on any atom is -0.215 e. The Morgan fingerprint density at radius 3 is 2.40 bits per heavy atom. The molecule has 2 unspecified atom stereocenters. The Morgan fingerprint density at radius 1 is 1.40 bits per heavy atom. The second-order valence-electron chi connectivity index (χ2n) is 2.86. The number of diazo groups is 1. The summed E-state index contributed by atoms with van der Waals surface area (Å²) in [4.78, 5) is 7.95. The summed E-state index contributed by atoms with van der Waals surface area (Å²) in [5, 5.41) is 0. The Bertz CT molecular complexity index is 168.